The molecular formula is C14H26N4O2. The maximum absolute atomic E-state index is 12.0. The van der Waals surface area contributed by atoms with Gasteiger partial charge in [0.05, 0.1) is 12.6 Å². The normalized spacial score (nSPS) is 21.9. The van der Waals surface area contributed by atoms with Crippen LogP contribution < -0.4 is 11.1 Å². The summed E-state index contributed by atoms with van der Waals surface area (Å²) in [5, 5.41) is 2.64. The summed E-state index contributed by atoms with van der Waals surface area (Å²) in [5.74, 6) is -0.179. The zero-order chi connectivity index (χ0) is 14.7. The Morgan fingerprint density at radius 2 is 1.80 bits per heavy atom. The van der Waals surface area contributed by atoms with Crippen molar-refractivity contribution < 1.29 is 9.59 Å². The number of carbonyl (C=O) groups is 2. The molecule has 1 heterocycles. The highest BCUT2D eigenvalue weighted by molar-refractivity contribution is 5.87. The van der Waals surface area contributed by atoms with E-state index in [-0.39, 0.29) is 24.3 Å². The molecule has 1 aliphatic carbocycles. The third-order valence-electron chi connectivity index (χ3n) is 4.17. The molecule has 0 aromatic heterocycles. The van der Waals surface area contributed by atoms with Crippen LogP contribution in [-0.4, -0.2) is 66.4 Å². The standard InChI is InChI=1S/C14H26N4O2/c1-10(2)13(15)14(20)16-9-12(19)18-7-5-17(6-8-18)11-3-4-11/h10-11,13H,3-9,15H2,1-2H3,(H,16,20)/t13-/m0/s1. The van der Waals surface area contributed by atoms with E-state index in [1.54, 1.807) is 0 Å². The molecular weight excluding hydrogens is 256 g/mol. The highest BCUT2D eigenvalue weighted by Crippen LogP contribution is 2.27. The molecule has 0 aromatic rings. The van der Waals surface area contributed by atoms with Crippen molar-refractivity contribution in [3.63, 3.8) is 0 Å². The fourth-order valence-electron chi connectivity index (χ4n) is 2.47. The average molecular weight is 282 g/mol. The van der Waals surface area contributed by atoms with Crippen molar-refractivity contribution in [3.8, 4) is 0 Å². The van der Waals surface area contributed by atoms with Gasteiger partial charge in [0, 0.05) is 32.2 Å². The van der Waals surface area contributed by atoms with E-state index in [9.17, 15) is 9.59 Å². The first-order valence-electron chi connectivity index (χ1n) is 7.54. The minimum atomic E-state index is -0.547. The molecule has 3 N–H and O–H groups in total. The predicted molar refractivity (Wildman–Crippen MR) is 77.0 cm³/mol. The van der Waals surface area contributed by atoms with Gasteiger partial charge in [-0.2, -0.15) is 0 Å². The van der Waals surface area contributed by atoms with Crippen molar-refractivity contribution >= 4 is 11.8 Å². The summed E-state index contributed by atoms with van der Waals surface area (Å²) in [4.78, 5) is 28.0. The zero-order valence-corrected chi connectivity index (χ0v) is 12.5. The second-order valence-electron chi connectivity index (χ2n) is 6.14. The van der Waals surface area contributed by atoms with Crippen LogP contribution in [0.4, 0.5) is 0 Å². The van der Waals surface area contributed by atoms with Gasteiger partial charge in [-0.3, -0.25) is 14.5 Å². The van der Waals surface area contributed by atoms with Crippen molar-refractivity contribution in [1.29, 1.82) is 0 Å². The molecule has 1 saturated carbocycles. The van der Waals surface area contributed by atoms with Crippen LogP contribution in [0.5, 0.6) is 0 Å². The number of carbonyl (C=O) groups excluding carboxylic acids is 2. The lowest BCUT2D eigenvalue weighted by atomic mass is 10.1. The summed E-state index contributed by atoms with van der Waals surface area (Å²) in [6.45, 7) is 7.28. The number of piperazine rings is 1. The van der Waals surface area contributed by atoms with Gasteiger partial charge in [-0.25, -0.2) is 0 Å². The molecule has 2 aliphatic rings. The van der Waals surface area contributed by atoms with Crippen LogP contribution in [0.25, 0.3) is 0 Å². The number of nitrogens with two attached hydrogens (primary N) is 1. The van der Waals surface area contributed by atoms with Gasteiger partial charge >= 0.3 is 0 Å². The van der Waals surface area contributed by atoms with Gasteiger partial charge in [-0.05, 0) is 18.8 Å². The first-order valence-corrected chi connectivity index (χ1v) is 7.54. The van der Waals surface area contributed by atoms with Crippen molar-refractivity contribution in [3.05, 3.63) is 0 Å². The average Bonchev–Trinajstić information content (AvgIpc) is 3.28. The quantitative estimate of drug-likeness (QED) is 0.705. The largest absolute Gasteiger partial charge is 0.346 e. The van der Waals surface area contributed by atoms with Gasteiger partial charge in [0.1, 0.15) is 0 Å². The lowest BCUT2D eigenvalue weighted by Crippen LogP contribution is -2.53. The van der Waals surface area contributed by atoms with Crippen LogP contribution >= 0.6 is 0 Å². The second-order valence-corrected chi connectivity index (χ2v) is 6.14. The van der Waals surface area contributed by atoms with Crippen LogP contribution in [0.1, 0.15) is 26.7 Å². The third kappa shape index (κ3) is 3.93. The fourth-order valence-corrected chi connectivity index (χ4v) is 2.47. The molecule has 0 bridgehead atoms. The van der Waals surface area contributed by atoms with E-state index in [1.165, 1.54) is 12.8 Å². The van der Waals surface area contributed by atoms with Gasteiger partial charge in [0.25, 0.3) is 0 Å². The Bertz CT molecular complexity index is 360. The Morgan fingerprint density at radius 1 is 1.20 bits per heavy atom. The molecule has 0 unspecified atom stereocenters. The summed E-state index contributed by atoms with van der Waals surface area (Å²) < 4.78 is 0. The van der Waals surface area contributed by atoms with Crippen LogP contribution in [0.2, 0.25) is 0 Å². The predicted octanol–water partition coefficient (Wildman–Crippen LogP) is -0.607. The van der Waals surface area contributed by atoms with E-state index < -0.39 is 6.04 Å². The number of amides is 2. The molecule has 1 aliphatic heterocycles. The molecule has 6 heteroatoms. The van der Waals surface area contributed by atoms with E-state index in [2.05, 4.69) is 10.2 Å². The molecule has 0 aromatic carbocycles. The molecule has 114 valence electrons. The Hall–Kier alpha value is -1.14. The van der Waals surface area contributed by atoms with Crippen molar-refractivity contribution in [2.75, 3.05) is 32.7 Å². The molecule has 20 heavy (non-hydrogen) atoms. The molecule has 1 saturated heterocycles. The SMILES string of the molecule is CC(C)[C@H](N)C(=O)NCC(=O)N1CCN(C2CC2)CC1. The summed E-state index contributed by atoms with van der Waals surface area (Å²) in [5.41, 5.74) is 5.74. The van der Waals surface area contributed by atoms with E-state index in [1.807, 2.05) is 18.7 Å². The van der Waals surface area contributed by atoms with Gasteiger partial charge in [0.2, 0.25) is 11.8 Å². The van der Waals surface area contributed by atoms with Gasteiger partial charge < -0.3 is 16.0 Å². The van der Waals surface area contributed by atoms with E-state index in [0.29, 0.717) is 0 Å². The lowest BCUT2D eigenvalue weighted by Gasteiger charge is -2.35. The monoisotopic (exact) mass is 282 g/mol. The first kappa shape index (κ1) is 15.3. The van der Waals surface area contributed by atoms with Crippen LogP contribution in [0.15, 0.2) is 0 Å². The zero-order valence-electron chi connectivity index (χ0n) is 12.5. The summed E-state index contributed by atoms with van der Waals surface area (Å²) in [6, 6.07) is 0.213. The fraction of sp³-hybridized carbons (Fsp3) is 0.857. The maximum atomic E-state index is 12.0. The van der Waals surface area contributed by atoms with Gasteiger partial charge in [-0.15, -0.1) is 0 Å². The molecule has 2 rings (SSSR count). The number of hydrogen-bond acceptors (Lipinski definition) is 4. The molecule has 1 atom stereocenters. The smallest absolute Gasteiger partial charge is 0.242 e. The topological polar surface area (TPSA) is 78.7 Å². The summed E-state index contributed by atoms with van der Waals surface area (Å²) >= 11 is 0. The Kier molecular flexibility index (Phi) is 4.99. The third-order valence-corrected chi connectivity index (χ3v) is 4.17. The van der Waals surface area contributed by atoms with E-state index in [4.69, 9.17) is 5.73 Å². The van der Waals surface area contributed by atoms with Crippen LogP contribution in [0, 0.1) is 5.92 Å². The molecule has 6 nitrogen and oxygen atoms in total. The minimum absolute atomic E-state index is 0.00949. The number of nitrogens with one attached hydrogen (secondary N) is 1. The van der Waals surface area contributed by atoms with E-state index >= 15 is 0 Å². The van der Waals surface area contributed by atoms with Gasteiger partial charge in [0.15, 0.2) is 0 Å². The molecule has 0 spiro atoms. The highest BCUT2D eigenvalue weighted by atomic mass is 16.2. The first-order chi connectivity index (χ1) is 9.49. The van der Waals surface area contributed by atoms with Crippen molar-refractivity contribution in [2.45, 2.75) is 38.8 Å². The summed E-state index contributed by atoms with van der Waals surface area (Å²) in [6.07, 6.45) is 2.61. The van der Waals surface area contributed by atoms with Crippen LogP contribution in [0.3, 0.4) is 0 Å². The minimum Gasteiger partial charge on any atom is -0.346 e. The molecule has 2 fully saturated rings. The van der Waals surface area contributed by atoms with Crippen molar-refractivity contribution in [2.24, 2.45) is 11.7 Å². The highest BCUT2D eigenvalue weighted by Gasteiger charge is 2.32. The van der Waals surface area contributed by atoms with Crippen molar-refractivity contribution in [1.82, 2.24) is 15.1 Å². The Morgan fingerprint density at radius 3 is 2.30 bits per heavy atom. The van der Waals surface area contributed by atoms with Crippen LogP contribution in [-0.2, 0) is 9.59 Å². The lowest BCUT2D eigenvalue weighted by molar-refractivity contribution is -0.134. The number of rotatable bonds is 5. The Labute approximate surface area is 120 Å². The molecule has 0 radical (unpaired) electrons. The number of hydrogen-bond donors (Lipinski definition) is 2. The van der Waals surface area contributed by atoms with E-state index in [0.717, 1.165) is 32.2 Å². The molecule has 2 amide bonds. The second kappa shape index (κ2) is 6.54. The Balaban J connectivity index is 1.68. The maximum Gasteiger partial charge on any atom is 0.242 e. The van der Waals surface area contributed by atoms with Gasteiger partial charge in [-0.1, -0.05) is 13.8 Å². The summed E-state index contributed by atoms with van der Waals surface area (Å²) in [7, 11) is 0. The number of nitrogens with zero attached hydrogens (tertiary/aromatic N) is 2.